The van der Waals surface area contributed by atoms with E-state index in [2.05, 4.69) is 4.90 Å². The first-order valence-electron chi connectivity index (χ1n) is 7.46. The van der Waals surface area contributed by atoms with Crippen LogP contribution in [-0.2, 0) is 11.3 Å². The molecular weight excluding hydrogens is 278 g/mol. The predicted molar refractivity (Wildman–Crippen MR) is 83.8 cm³/mol. The van der Waals surface area contributed by atoms with E-state index in [0.29, 0.717) is 19.6 Å². The summed E-state index contributed by atoms with van der Waals surface area (Å²) in [4.78, 5) is 13.0. The van der Waals surface area contributed by atoms with Gasteiger partial charge in [-0.25, -0.2) is 0 Å². The van der Waals surface area contributed by atoms with Gasteiger partial charge in [-0.05, 0) is 11.6 Å². The number of para-hydroxylation sites is 1. The minimum absolute atomic E-state index is 0.0846. The Morgan fingerprint density at radius 3 is 2.64 bits per heavy atom. The molecule has 1 N–H and O–H groups in total. The molecule has 0 aliphatic carbocycles. The topological polar surface area (TPSA) is 49.8 Å². The fourth-order valence-corrected chi connectivity index (χ4v) is 2.75. The number of aliphatic carboxylic acids is 1. The first-order chi connectivity index (χ1) is 10.7. The van der Waals surface area contributed by atoms with Crippen LogP contribution in [0.15, 0.2) is 54.6 Å². The van der Waals surface area contributed by atoms with Crippen molar-refractivity contribution in [3.63, 3.8) is 0 Å². The van der Waals surface area contributed by atoms with E-state index in [-0.39, 0.29) is 12.5 Å². The summed E-state index contributed by atoms with van der Waals surface area (Å²) in [5, 5.41) is 8.93. The first-order valence-corrected chi connectivity index (χ1v) is 7.46. The molecule has 114 valence electrons. The molecule has 0 saturated heterocycles. The van der Waals surface area contributed by atoms with Crippen LogP contribution in [0.25, 0.3) is 0 Å². The Labute approximate surface area is 130 Å². The average molecular weight is 297 g/mol. The molecule has 1 unspecified atom stereocenters. The van der Waals surface area contributed by atoms with Crippen molar-refractivity contribution in [2.75, 3.05) is 13.1 Å². The molecule has 4 heteroatoms. The standard InChI is InChI=1S/C18H19NO3/c20-18(21)10-11-19-12-15-8-4-5-9-16(15)22-17(13-19)14-6-2-1-3-7-14/h1-9,17H,10-13H2,(H,20,21). The maximum atomic E-state index is 10.9. The Morgan fingerprint density at radius 2 is 1.86 bits per heavy atom. The Bertz CT molecular complexity index is 642. The molecule has 0 bridgehead atoms. The quantitative estimate of drug-likeness (QED) is 0.942. The highest BCUT2D eigenvalue weighted by Gasteiger charge is 2.24. The van der Waals surface area contributed by atoms with Crippen molar-refractivity contribution in [2.24, 2.45) is 0 Å². The second-order valence-electron chi connectivity index (χ2n) is 5.50. The largest absolute Gasteiger partial charge is 0.484 e. The van der Waals surface area contributed by atoms with E-state index in [1.165, 1.54) is 0 Å². The predicted octanol–water partition coefficient (Wildman–Crippen LogP) is 3.10. The lowest BCUT2D eigenvalue weighted by atomic mass is 10.1. The Hall–Kier alpha value is -2.33. The van der Waals surface area contributed by atoms with Crippen molar-refractivity contribution in [2.45, 2.75) is 19.1 Å². The van der Waals surface area contributed by atoms with Gasteiger partial charge in [-0.15, -0.1) is 0 Å². The molecule has 2 aromatic rings. The maximum Gasteiger partial charge on any atom is 0.304 e. The number of carboxylic acids is 1. The zero-order valence-corrected chi connectivity index (χ0v) is 12.3. The molecule has 22 heavy (non-hydrogen) atoms. The second kappa shape index (κ2) is 6.62. The van der Waals surface area contributed by atoms with Gasteiger partial charge in [0.15, 0.2) is 0 Å². The van der Waals surface area contributed by atoms with Crippen molar-refractivity contribution >= 4 is 5.97 Å². The molecule has 3 rings (SSSR count). The van der Waals surface area contributed by atoms with Crippen LogP contribution in [0.2, 0.25) is 0 Å². The third-order valence-electron chi connectivity index (χ3n) is 3.87. The minimum Gasteiger partial charge on any atom is -0.484 e. The lowest BCUT2D eigenvalue weighted by molar-refractivity contribution is -0.137. The molecule has 1 atom stereocenters. The minimum atomic E-state index is -0.769. The average Bonchev–Trinajstić information content (AvgIpc) is 2.73. The van der Waals surface area contributed by atoms with Gasteiger partial charge in [0, 0.05) is 25.2 Å². The number of nitrogens with zero attached hydrogens (tertiary/aromatic N) is 1. The summed E-state index contributed by atoms with van der Waals surface area (Å²) in [5.74, 6) is 0.115. The molecule has 2 aromatic carbocycles. The molecule has 0 spiro atoms. The van der Waals surface area contributed by atoms with Crippen molar-refractivity contribution in [3.05, 3.63) is 65.7 Å². The van der Waals surface area contributed by atoms with Gasteiger partial charge in [-0.3, -0.25) is 9.69 Å². The van der Waals surface area contributed by atoms with Gasteiger partial charge in [0.05, 0.1) is 6.42 Å². The lowest BCUT2D eigenvalue weighted by Crippen LogP contribution is -2.30. The second-order valence-corrected chi connectivity index (χ2v) is 5.50. The molecule has 0 saturated carbocycles. The summed E-state index contributed by atoms with van der Waals surface area (Å²) in [7, 11) is 0. The lowest BCUT2D eigenvalue weighted by Gasteiger charge is -2.23. The SMILES string of the molecule is O=C(O)CCN1Cc2ccccc2OC(c2ccccc2)C1. The first kappa shape index (κ1) is 14.6. The van der Waals surface area contributed by atoms with E-state index in [4.69, 9.17) is 9.84 Å². The molecule has 0 fully saturated rings. The Kier molecular flexibility index (Phi) is 4.39. The molecule has 0 amide bonds. The summed E-state index contributed by atoms with van der Waals surface area (Å²) in [6, 6.07) is 18.0. The van der Waals surface area contributed by atoms with E-state index in [1.54, 1.807) is 0 Å². The molecule has 0 aromatic heterocycles. The van der Waals surface area contributed by atoms with Crippen molar-refractivity contribution in [3.8, 4) is 5.75 Å². The zero-order chi connectivity index (χ0) is 15.4. The van der Waals surface area contributed by atoms with Crippen LogP contribution >= 0.6 is 0 Å². The van der Waals surface area contributed by atoms with Crippen molar-refractivity contribution in [1.82, 2.24) is 4.90 Å². The number of hydrogen-bond donors (Lipinski definition) is 1. The van der Waals surface area contributed by atoms with Crippen LogP contribution in [0.4, 0.5) is 0 Å². The molecule has 4 nitrogen and oxygen atoms in total. The molecular formula is C18H19NO3. The summed E-state index contributed by atoms with van der Waals surface area (Å²) in [6.07, 6.45) is 0.0579. The van der Waals surface area contributed by atoms with Gasteiger partial charge >= 0.3 is 5.97 Å². The number of fused-ring (bicyclic) bond motifs is 1. The highest BCUT2D eigenvalue weighted by atomic mass is 16.5. The number of rotatable bonds is 4. The third-order valence-corrected chi connectivity index (χ3v) is 3.87. The van der Waals surface area contributed by atoms with Gasteiger partial charge in [0.25, 0.3) is 0 Å². The third kappa shape index (κ3) is 3.46. The van der Waals surface area contributed by atoms with Crippen LogP contribution in [0, 0.1) is 0 Å². The van der Waals surface area contributed by atoms with Crippen LogP contribution < -0.4 is 4.74 Å². The molecule has 0 radical (unpaired) electrons. The van der Waals surface area contributed by atoms with E-state index >= 15 is 0 Å². The molecule has 1 heterocycles. The highest BCUT2D eigenvalue weighted by Crippen LogP contribution is 2.30. The number of ether oxygens (including phenoxy) is 1. The number of hydrogen-bond acceptors (Lipinski definition) is 3. The van der Waals surface area contributed by atoms with Crippen LogP contribution in [0.1, 0.15) is 23.7 Å². The van der Waals surface area contributed by atoms with Gasteiger partial charge in [-0.2, -0.15) is 0 Å². The summed E-state index contributed by atoms with van der Waals surface area (Å²) >= 11 is 0. The Balaban J connectivity index is 1.86. The van der Waals surface area contributed by atoms with Gasteiger partial charge < -0.3 is 9.84 Å². The number of carboxylic acid groups (broad SMARTS) is 1. The molecule has 1 aliphatic rings. The summed E-state index contributed by atoms with van der Waals surface area (Å²) in [5.41, 5.74) is 2.21. The fourth-order valence-electron chi connectivity index (χ4n) is 2.75. The number of benzene rings is 2. The monoisotopic (exact) mass is 297 g/mol. The van der Waals surface area contributed by atoms with Crippen molar-refractivity contribution in [1.29, 1.82) is 0 Å². The maximum absolute atomic E-state index is 10.9. The van der Waals surface area contributed by atoms with Gasteiger partial charge in [-0.1, -0.05) is 48.5 Å². The normalized spacial score (nSPS) is 18.1. The smallest absolute Gasteiger partial charge is 0.304 e. The summed E-state index contributed by atoms with van der Waals surface area (Å²) in [6.45, 7) is 1.93. The van der Waals surface area contributed by atoms with E-state index < -0.39 is 5.97 Å². The van der Waals surface area contributed by atoms with E-state index in [1.807, 2.05) is 54.6 Å². The highest BCUT2D eigenvalue weighted by molar-refractivity contribution is 5.66. The van der Waals surface area contributed by atoms with Gasteiger partial charge in [0.1, 0.15) is 11.9 Å². The van der Waals surface area contributed by atoms with Crippen LogP contribution in [0.5, 0.6) is 5.75 Å². The van der Waals surface area contributed by atoms with E-state index in [9.17, 15) is 4.79 Å². The van der Waals surface area contributed by atoms with Gasteiger partial charge in [0.2, 0.25) is 0 Å². The summed E-state index contributed by atoms with van der Waals surface area (Å²) < 4.78 is 6.19. The van der Waals surface area contributed by atoms with Crippen LogP contribution in [0.3, 0.4) is 0 Å². The van der Waals surface area contributed by atoms with Crippen molar-refractivity contribution < 1.29 is 14.6 Å². The zero-order valence-electron chi connectivity index (χ0n) is 12.3. The number of carbonyl (C=O) groups is 1. The fraction of sp³-hybridized carbons (Fsp3) is 0.278. The van der Waals surface area contributed by atoms with E-state index in [0.717, 1.165) is 16.9 Å². The van der Waals surface area contributed by atoms with Crippen LogP contribution in [-0.4, -0.2) is 29.1 Å². The Morgan fingerprint density at radius 1 is 1.14 bits per heavy atom. The molecule has 1 aliphatic heterocycles.